The molecule has 1 heterocycles. The number of hydrogen-bond acceptors (Lipinski definition) is 3. The average Bonchev–Trinajstić information content (AvgIpc) is 2.46. The molecule has 6 heteroatoms. The summed E-state index contributed by atoms with van der Waals surface area (Å²) in [6.07, 6.45) is 2.37. The van der Waals surface area contributed by atoms with Gasteiger partial charge in [0.1, 0.15) is 5.54 Å². The van der Waals surface area contributed by atoms with Crippen molar-refractivity contribution in [1.29, 1.82) is 0 Å². The molecule has 1 aromatic rings. The van der Waals surface area contributed by atoms with Crippen LogP contribution in [-0.4, -0.2) is 24.0 Å². The predicted molar refractivity (Wildman–Crippen MR) is 96.0 cm³/mol. The highest BCUT2D eigenvalue weighted by Crippen LogP contribution is 2.23. The third-order valence-electron chi connectivity index (χ3n) is 3.81. The maximum absolute atomic E-state index is 12.3. The molecule has 21 heavy (non-hydrogen) atoms. The van der Waals surface area contributed by atoms with Crippen LogP contribution in [0.15, 0.2) is 28.7 Å². The van der Waals surface area contributed by atoms with Crippen molar-refractivity contribution < 1.29 is 4.79 Å². The molecule has 1 aliphatic heterocycles. The number of halogens is 2. The van der Waals surface area contributed by atoms with E-state index in [0.717, 1.165) is 16.6 Å². The number of carbonyl (C=O) groups excluding carboxylic acids is 1. The Morgan fingerprint density at radius 1 is 1.38 bits per heavy atom. The highest BCUT2D eigenvalue weighted by atomic mass is 79.9. The maximum atomic E-state index is 12.3. The molecule has 1 atom stereocenters. The molecule has 3 nitrogen and oxygen atoms in total. The first-order valence-electron chi connectivity index (χ1n) is 6.91. The van der Waals surface area contributed by atoms with E-state index in [1.165, 1.54) is 24.3 Å². The molecular formula is C15H22BrClN2OS. The maximum Gasteiger partial charge on any atom is 0.244 e. The SMILES string of the molecule is CC(N)(C(=O)NCC1CCSCC1)c1ccc(Br)cc1.Cl. The zero-order chi connectivity index (χ0) is 14.6. The molecule has 1 saturated heterocycles. The zero-order valence-electron chi connectivity index (χ0n) is 12.1. The van der Waals surface area contributed by atoms with Crippen molar-refractivity contribution in [3.8, 4) is 0 Å². The summed E-state index contributed by atoms with van der Waals surface area (Å²) in [4.78, 5) is 12.3. The van der Waals surface area contributed by atoms with Gasteiger partial charge in [-0.1, -0.05) is 28.1 Å². The minimum atomic E-state index is -0.982. The largest absolute Gasteiger partial charge is 0.354 e. The summed E-state index contributed by atoms with van der Waals surface area (Å²) in [6, 6.07) is 7.60. The van der Waals surface area contributed by atoms with Gasteiger partial charge in [0.2, 0.25) is 5.91 Å². The van der Waals surface area contributed by atoms with Crippen LogP contribution in [0.2, 0.25) is 0 Å². The second-order valence-electron chi connectivity index (χ2n) is 5.48. The van der Waals surface area contributed by atoms with Gasteiger partial charge in [0.05, 0.1) is 0 Å². The molecule has 3 N–H and O–H groups in total. The minimum absolute atomic E-state index is 0. The summed E-state index contributed by atoms with van der Waals surface area (Å²) in [6.45, 7) is 2.50. The van der Waals surface area contributed by atoms with Crippen LogP contribution < -0.4 is 11.1 Å². The molecule has 0 radical (unpaired) electrons. The first-order chi connectivity index (χ1) is 9.50. The van der Waals surface area contributed by atoms with E-state index in [2.05, 4.69) is 21.2 Å². The number of benzene rings is 1. The lowest BCUT2D eigenvalue weighted by Crippen LogP contribution is -2.50. The first kappa shape index (κ1) is 18.8. The molecular weight excluding hydrogens is 372 g/mol. The lowest BCUT2D eigenvalue weighted by atomic mass is 9.92. The Morgan fingerprint density at radius 3 is 2.52 bits per heavy atom. The van der Waals surface area contributed by atoms with Gasteiger partial charge in [0, 0.05) is 11.0 Å². The highest BCUT2D eigenvalue weighted by molar-refractivity contribution is 9.10. The van der Waals surface area contributed by atoms with E-state index in [1.54, 1.807) is 6.92 Å². The van der Waals surface area contributed by atoms with Gasteiger partial charge in [-0.25, -0.2) is 0 Å². The Labute approximate surface area is 145 Å². The summed E-state index contributed by atoms with van der Waals surface area (Å²) < 4.78 is 0.983. The van der Waals surface area contributed by atoms with Crippen LogP contribution >= 0.6 is 40.1 Å². The smallest absolute Gasteiger partial charge is 0.244 e. The van der Waals surface area contributed by atoms with Gasteiger partial charge in [-0.3, -0.25) is 4.79 Å². The van der Waals surface area contributed by atoms with Crippen LogP contribution in [-0.2, 0) is 10.3 Å². The molecule has 0 saturated carbocycles. The lowest BCUT2D eigenvalue weighted by molar-refractivity contribution is -0.126. The lowest BCUT2D eigenvalue weighted by Gasteiger charge is -2.27. The van der Waals surface area contributed by atoms with Gasteiger partial charge in [-0.15, -0.1) is 12.4 Å². The number of nitrogens with one attached hydrogen (secondary N) is 1. The average molecular weight is 394 g/mol. The topological polar surface area (TPSA) is 55.1 Å². The molecule has 2 rings (SSSR count). The fourth-order valence-electron chi connectivity index (χ4n) is 2.30. The molecule has 0 aromatic heterocycles. The number of carbonyl (C=O) groups is 1. The van der Waals surface area contributed by atoms with E-state index in [-0.39, 0.29) is 18.3 Å². The standard InChI is InChI=1S/C15H21BrN2OS.ClH/c1-15(17,12-2-4-13(16)5-3-12)14(19)18-10-11-6-8-20-9-7-11;/h2-5,11H,6-10,17H2,1H3,(H,18,19);1H. The minimum Gasteiger partial charge on any atom is -0.354 e. The van der Waals surface area contributed by atoms with E-state index in [9.17, 15) is 4.79 Å². The highest BCUT2D eigenvalue weighted by Gasteiger charge is 2.30. The van der Waals surface area contributed by atoms with Crippen LogP contribution in [0.25, 0.3) is 0 Å². The zero-order valence-corrected chi connectivity index (χ0v) is 15.3. The van der Waals surface area contributed by atoms with Crippen LogP contribution in [0.3, 0.4) is 0 Å². The van der Waals surface area contributed by atoms with Crippen molar-refractivity contribution in [2.75, 3.05) is 18.1 Å². The number of rotatable bonds is 4. The number of amides is 1. The number of hydrogen-bond donors (Lipinski definition) is 2. The third-order valence-corrected chi connectivity index (χ3v) is 5.39. The molecule has 0 bridgehead atoms. The van der Waals surface area contributed by atoms with Gasteiger partial charge in [-0.2, -0.15) is 11.8 Å². The first-order valence-corrected chi connectivity index (χ1v) is 8.86. The summed E-state index contributed by atoms with van der Waals surface area (Å²) >= 11 is 5.38. The summed E-state index contributed by atoms with van der Waals surface area (Å²) in [5, 5.41) is 3.02. The van der Waals surface area contributed by atoms with Gasteiger partial charge >= 0.3 is 0 Å². The molecule has 118 valence electrons. The third kappa shape index (κ3) is 5.16. The van der Waals surface area contributed by atoms with Crippen LogP contribution in [0.5, 0.6) is 0 Å². The molecule has 1 aliphatic rings. The summed E-state index contributed by atoms with van der Waals surface area (Å²) in [5.74, 6) is 2.90. The Kier molecular flexibility index (Phi) is 7.54. The van der Waals surface area contributed by atoms with E-state index in [1.807, 2.05) is 36.0 Å². The van der Waals surface area contributed by atoms with Crippen molar-refractivity contribution in [3.63, 3.8) is 0 Å². The van der Waals surface area contributed by atoms with Gasteiger partial charge < -0.3 is 11.1 Å². The van der Waals surface area contributed by atoms with Gasteiger partial charge in [-0.05, 0) is 54.9 Å². The number of nitrogens with two attached hydrogens (primary N) is 1. The molecule has 1 aromatic carbocycles. The van der Waals surface area contributed by atoms with Crippen LogP contribution in [0, 0.1) is 5.92 Å². The van der Waals surface area contributed by atoms with Crippen LogP contribution in [0.1, 0.15) is 25.3 Å². The van der Waals surface area contributed by atoms with Gasteiger partial charge in [0.15, 0.2) is 0 Å². The fraction of sp³-hybridized carbons (Fsp3) is 0.533. The van der Waals surface area contributed by atoms with E-state index >= 15 is 0 Å². The predicted octanol–water partition coefficient (Wildman–Crippen LogP) is 3.30. The Hall–Kier alpha value is -0.230. The van der Waals surface area contributed by atoms with E-state index in [4.69, 9.17) is 5.73 Å². The second kappa shape index (κ2) is 8.42. The van der Waals surface area contributed by atoms with Crippen molar-refractivity contribution in [2.24, 2.45) is 11.7 Å². The summed E-state index contributed by atoms with van der Waals surface area (Å²) in [5.41, 5.74) is 6.06. The molecule has 1 unspecified atom stereocenters. The number of thioether (sulfide) groups is 1. The normalized spacial score (nSPS) is 18.4. The Morgan fingerprint density at radius 2 is 1.95 bits per heavy atom. The Bertz CT molecular complexity index is 461. The molecule has 1 fully saturated rings. The quantitative estimate of drug-likeness (QED) is 0.825. The van der Waals surface area contributed by atoms with Crippen molar-refractivity contribution in [3.05, 3.63) is 34.3 Å². The second-order valence-corrected chi connectivity index (χ2v) is 7.62. The van der Waals surface area contributed by atoms with E-state index < -0.39 is 5.54 Å². The van der Waals surface area contributed by atoms with Crippen molar-refractivity contribution >= 4 is 46.0 Å². The fourth-order valence-corrected chi connectivity index (χ4v) is 3.77. The monoisotopic (exact) mass is 392 g/mol. The van der Waals surface area contributed by atoms with E-state index in [0.29, 0.717) is 5.92 Å². The van der Waals surface area contributed by atoms with Gasteiger partial charge in [0.25, 0.3) is 0 Å². The molecule has 1 amide bonds. The molecule has 0 aliphatic carbocycles. The van der Waals surface area contributed by atoms with Crippen molar-refractivity contribution in [1.82, 2.24) is 5.32 Å². The molecule has 0 spiro atoms. The summed E-state index contributed by atoms with van der Waals surface area (Å²) in [7, 11) is 0. The Balaban J connectivity index is 0.00000220. The van der Waals surface area contributed by atoms with Crippen LogP contribution in [0.4, 0.5) is 0 Å². The van der Waals surface area contributed by atoms with Crippen molar-refractivity contribution in [2.45, 2.75) is 25.3 Å².